The number of thiophene rings is 1. The molecule has 0 saturated carbocycles. The van der Waals surface area contributed by atoms with Crippen LogP contribution >= 0.6 is 11.3 Å². The zero-order valence-corrected chi connectivity index (χ0v) is 19.6. The number of benzene rings is 2. The van der Waals surface area contributed by atoms with E-state index in [1.165, 1.54) is 10.1 Å². The van der Waals surface area contributed by atoms with Crippen LogP contribution in [0.25, 0.3) is 32.2 Å². The van der Waals surface area contributed by atoms with Crippen molar-refractivity contribution in [3.05, 3.63) is 76.6 Å². The van der Waals surface area contributed by atoms with Gasteiger partial charge in [0.15, 0.2) is 5.78 Å². The summed E-state index contributed by atoms with van der Waals surface area (Å²) in [5.41, 5.74) is 5.87. The second-order valence-electron chi connectivity index (χ2n) is 8.96. The third-order valence-corrected chi connectivity index (χ3v) is 7.88. The van der Waals surface area contributed by atoms with Crippen LogP contribution in [-0.4, -0.2) is 27.8 Å². The second kappa shape index (κ2) is 8.36. The smallest absolute Gasteiger partial charge is 0.303 e. The first-order chi connectivity index (χ1) is 17.0. The summed E-state index contributed by atoms with van der Waals surface area (Å²) in [6.07, 6.45) is 3.90. The van der Waals surface area contributed by atoms with Crippen molar-refractivity contribution in [2.75, 3.05) is 5.32 Å². The van der Waals surface area contributed by atoms with Crippen molar-refractivity contribution in [3.63, 3.8) is 0 Å². The van der Waals surface area contributed by atoms with E-state index in [-0.39, 0.29) is 24.5 Å². The number of Topliss-reactive ketones (excluding diaryl/α,β-unsaturated/α-hetero) is 1. The Morgan fingerprint density at radius 3 is 2.77 bits per heavy atom. The van der Waals surface area contributed by atoms with E-state index in [0.29, 0.717) is 28.8 Å². The molecule has 1 amide bonds. The summed E-state index contributed by atoms with van der Waals surface area (Å²) in [6, 6.07) is 16.3. The second-order valence-corrected chi connectivity index (χ2v) is 10.0. The fraction of sp³-hybridized carbons (Fsp3) is 0.179. The highest BCUT2D eigenvalue weighted by atomic mass is 32.1. The average molecular weight is 483 g/mol. The van der Waals surface area contributed by atoms with E-state index in [4.69, 9.17) is 0 Å². The van der Waals surface area contributed by atoms with Crippen molar-refractivity contribution in [3.8, 4) is 10.4 Å². The van der Waals surface area contributed by atoms with Gasteiger partial charge in [-0.1, -0.05) is 24.3 Å². The van der Waals surface area contributed by atoms with Crippen LogP contribution in [0.5, 0.6) is 0 Å². The molecule has 0 radical (unpaired) electrons. The normalized spacial score (nSPS) is 15.9. The molecule has 1 aliphatic heterocycles. The highest BCUT2D eigenvalue weighted by Crippen LogP contribution is 2.40. The minimum Gasteiger partial charge on any atom is -0.481 e. The molecule has 0 bridgehead atoms. The molecule has 0 spiro atoms. The van der Waals surface area contributed by atoms with Crippen molar-refractivity contribution in [2.45, 2.75) is 32.1 Å². The van der Waals surface area contributed by atoms with Gasteiger partial charge in [0.1, 0.15) is 0 Å². The standard InChI is InChI=1S/C28H22N2O4S/c31-23-6-3-5-21-27(23)17(9-11-26(32)33)22(29-21)14-19-18-12-16(8-10-20(18)30-28(19)34)25-13-15-4-1-2-7-24(15)35-25/h1-2,4,7-8,10,12-14,29H,3,5-6,9,11H2,(H,30,34)(H,32,33). The van der Waals surface area contributed by atoms with Crippen molar-refractivity contribution < 1.29 is 19.5 Å². The number of carboxylic acids is 1. The van der Waals surface area contributed by atoms with Crippen molar-refractivity contribution in [1.82, 2.24) is 4.98 Å². The number of rotatable bonds is 5. The van der Waals surface area contributed by atoms with E-state index in [0.717, 1.165) is 40.2 Å². The first-order valence-corrected chi connectivity index (χ1v) is 12.4. The molecule has 6 rings (SSSR count). The molecule has 6 nitrogen and oxygen atoms in total. The summed E-state index contributed by atoms with van der Waals surface area (Å²) in [7, 11) is 0. The third kappa shape index (κ3) is 3.78. The zero-order valence-electron chi connectivity index (χ0n) is 18.8. The Kier molecular flexibility index (Phi) is 5.15. The lowest BCUT2D eigenvalue weighted by molar-refractivity contribution is -0.137. The molecular formula is C28H22N2O4S. The number of hydrogen-bond donors (Lipinski definition) is 3. The molecule has 2 aliphatic rings. The minimum absolute atomic E-state index is 0.0378. The number of hydrogen-bond acceptors (Lipinski definition) is 4. The van der Waals surface area contributed by atoms with Gasteiger partial charge in [-0.3, -0.25) is 14.4 Å². The number of nitrogens with one attached hydrogen (secondary N) is 2. The number of ketones is 1. The molecule has 174 valence electrons. The van der Waals surface area contributed by atoms with Gasteiger partial charge in [0.2, 0.25) is 0 Å². The number of carbonyl (C=O) groups is 3. The van der Waals surface area contributed by atoms with Gasteiger partial charge in [0, 0.05) is 50.6 Å². The topological polar surface area (TPSA) is 99.3 Å². The third-order valence-electron chi connectivity index (χ3n) is 6.71. The minimum atomic E-state index is -0.918. The number of carboxylic acid groups (broad SMARTS) is 1. The lowest BCUT2D eigenvalue weighted by Gasteiger charge is -2.11. The van der Waals surface area contributed by atoms with Gasteiger partial charge in [0.25, 0.3) is 5.91 Å². The van der Waals surface area contributed by atoms with Crippen LogP contribution in [0.15, 0.2) is 48.5 Å². The Morgan fingerprint density at radius 1 is 1.09 bits per heavy atom. The quantitative estimate of drug-likeness (QED) is 0.307. The van der Waals surface area contributed by atoms with Crippen LogP contribution in [0.1, 0.15) is 52.1 Å². The van der Waals surface area contributed by atoms with E-state index in [1.54, 1.807) is 17.4 Å². The molecule has 0 unspecified atom stereocenters. The Balaban J connectivity index is 1.45. The van der Waals surface area contributed by atoms with E-state index in [1.807, 2.05) is 30.3 Å². The molecule has 4 aromatic rings. The van der Waals surface area contributed by atoms with E-state index in [9.17, 15) is 19.5 Å². The Hall–Kier alpha value is -3.97. The van der Waals surface area contributed by atoms with Gasteiger partial charge in [-0.2, -0.15) is 0 Å². The molecule has 2 aromatic carbocycles. The number of aryl methyl sites for hydroxylation is 1. The van der Waals surface area contributed by atoms with Crippen molar-refractivity contribution in [2.24, 2.45) is 0 Å². The van der Waals surface area contributed by atoms with Crippen LogP contribution in [0, 0.1) is 0 Å². The predicted molar refractivity (Wildman–Crippen MR) is 138 cm³/mol. The molecule has 0 atom stereocenters. The highest BCUT2D eigenvalue weighted by Gasteiger charge is 2.29. The van der Waals surface area contributed by atoms with Crippen molar-refractivity contribution in [1.29, 1.82) is 0 Å². The predicted octanol–water partition coefficient (Wildman–Crippen LogP) is 5.93. The Morgan fingerprint density at radius 2 is 1.94 bits per heavy atom. The lowest BCUT2D eigenvalue weighted by Crippen LogP contribution is -2.11. The van der Waals surface area contributed by atoms with Crippen LogP contribution in [0.4, 0.5) is 5.69 Å². The molecule has 2 aromatic heterocycles. The fourth-order valence-electron chi connectivity index (χ4n) is 5.06. The van der Waals surface area contributed by atoms with Crippen molar-refractivity contribution >= 4 is 56.4 Å². The average Bonchev–Trinajstić information content (AvgIpc) is 3.51. The first kappa shape index (κ1) is 21.6. The maximum Gasteiger partial charge on any atom is 0.303 e. The maximum atomic E-state index is 13.0. The van der Waals surface area contributed by atoms with E-state index in [2.05, 4.69) is 28.5 Å². The van der Waals surface area contributed by atoms with Gasteiger partial charge in [-0.25, -0.2) is 0 Å². The Bertz CT molecular complexity index is 1540. The van der Waals surface area contributed by atoms with Gasteiger partial charge < -0.3 is 15.4 Å². The van der Waals surface area contributed by atoms with Crippen LogP contribution in [0.3, 0.4) is 0 Å². The number of H-pyrrole nitrogens is 1. The van der Waals surface area contributed by atoms with E-state index >= 15 is 0 Å². The number of anilines is 1. The highest BCUT2D eigenvalue weighted by molar-refractivity contribution is 7.22. The van der Waals surface area contributed by atoms with Crippen LogP contribution < -0.4 is 5.32 Å². The monoisotopic (exact) mass is 482 g/mol. The summed E-state index contributed by atoms with van der Waals surface area (Å²) in [4.78, 5) is 41.4. The summed E-state index contributed by atoms with van der Waals surface area (Å²) < 4.78 is 1.21. The molecule has 7 heteroatoms. The number of aromatic nitrogens is 1. The molecule has 3 heterocycles. The first-order valence-electron chi connectivity index (χ1n) is 11.6. The fourth-order valence-corrected chi connectivity index (χ4v) is 6.12. The van der Waals surface area contributed by atoms with Crippen LogP contribution in [0.2, 0.25) is 0 Å². The molecular weight excluding hydrogens is 460 g/mol. The number of carbonyl (C=O) groups excluding carboxylic acids is 2. The van der Waals surface area contributed by atoms with Crippen LogP contribution in [-0.2, 0) is 22.4 Å². The summed E-state index contributed by atoms with van der Waals surface area (Å²) in [6.45, 7) is 0. The SMILES string of the molecule is O=C(O)CCc1c(C=C2C(=O)Nc3ccc(-c4cc5ccccc5s4)cc32)[nH]c2c1C(=O)CCC2. The zero-order chi connectivity index (χ0) is 24.1. The summed E-state index contributed by atoms with van der Waals surface area (Å²) in [5.74, 6) is -1.09. The maximum absolute atomic E-state index is 13.0. The molecule has 0 saturated heterocycles. The number of fused-ring (bicyclic) bond motifs is 3. The molecule has 3 N–H and O–H groups in total. The van der Waals surface area contributed by atoms with Gasteiger partial charge in [-0.05, 0) is 66.1 Å². The summed E-state index contributed by atoms with van der Waals surface area (Å²) in [5, 5.41) is 13.4. The van der Waals surface area contributed by atoms with Gasteiger partial charge in [-0.15, -0.1) is 11.3 Å². The number of aromatic amines is 1. The summed E-state index contributed by atoms with van der Waals surface area (Å²) >= 11 is 1.71. The van der Waals surface area contributed by atoms with E-state index < -0.39 is 5.97 Å². The van der Waals surface area contributed by atoms with Gasteiger partial charge in [0.05, 0.1) is 5.57 Å². The number of aliphatic carboxylic acids is 1. The number of amides is 1. The molecule has 0 fully saturated rings. The van der Waals surface area contributed by atoms with Gasteiger partial charge >= 0.3 is 5.97 Å². The molecule has 1 aliphatic carbocycles. The lowest BCUT2D eigenvalue weighted by atomic mass is 9.91. The largest absolute Gasteiger partial charge is 0.481 e. The molecule has 35 heavy (non-hydrogen) atoms. The Labute approximate surface area is 205 Å².